The molecule has 28 heavy (non-hydrogen) atoms. The van der Waals surface area contributed by atoms with Crippen LogP contribution in [0.15, 0.2) is 42.5 Å². The first-order valence-corrected chi connectivity index (χ1v) is 10.6. The smallest absolute Gasteiger partial charge is 0.231 e. The van der Waals surface area contributed by atoms with Crippen LogP contribution in [0.3, 0.4) is 0 Å². The molecule has 0 saturated heterocycles. The third kappa shape index (κ3) is 4.76. The molecule has 0 unspecified atom stereocenters. The molecule has 2 aromatic carbocycles. The number of rotatable bonds is 5. The van der Waals surface area contributed by atoms with Gasteiger partial charge in [0.2, 0.25) is 6.79 Å². The molecule has 1 saturated carbocycles. The highest BCUT2D eigenvalue weighted by molar-refractivity contribution is 7.80. The number of nitrogens with one attached hydrogen (secondary N) is 1. The lowest BCUT2D eigenvalue weighted by Gasteiger charge is -2.31. The lowest BCUT2D eigenvalue weighted by atomic mass is 9.96. The van der Waals surface area contributed by atoms with Crippen LogP contribution in [-0.2, 0) is 13.1 Å². The second-order valence-corrected chi connectivity index (χ2v) is 8.20. The van der Waals surface area contributed by atoms with E-state index in [4.69, 9.17) is 21.7 Å². The highest BCUT2D eigenvalue weighted by atomic mass is 32.1. The molecule has 148 valence electrons. The topological polar surface area (TPSA) is 33.7 Å². The molecule has 1 aliphatic heterocycles. The molecule has 1 fully saturated rings. The Morgan fingerprint density at radius 3 is 2.43 bits per heavy atom. The van der Waals surface area contributed by atoms with Gasteiger partial charge in [0.1, 0.15) is 0 Å². The van der Waals surface area contributed by atoms with Crippen LogP contribution in [0.5, 0.6) is 11.5 Å². The Morgan fingerprint density at radius 1 is 0.964 bits per heavy atom. The molecule has 4 rings (SSSR count). The van der Waals surface area contributed by atoms with E-state index in [-0.39, 0.29) is 0 Å². The number of hydrogen-bond acceptors (Lipinski definition) is 3. The minimum absolute atomic E-state index is 0.299. The van der Waals surface area contributed by atoms with Gasteiger partial charge >= 0.3 is 0 Å². The summed E-state index contributed by atoms with van der Waals surface area (Å²) in [4.78, 5) is 2.26. The zero-order valence-corrected chi connectivity index (χ0v) is 17.3. The van der Waals surface area contributed by atoms with E-state index in [0.29, 0.717) is 12.8 Å². The van der Waals surface area contributed by atoms with Crippen molar-refractivity contribution in [2.45, 2.75) is 58.2 Å². The zero-order valence-electron chi connectivity index (χ0n) is 16.4. The molecule has 0 radical (unpaired) electrons. The first-order valence-electron chi connectivity index (χ1n) is 10.2. The Bertz CT molecular complexity index is 816. The molecule has 4 nitrogen and oxygen atoms in total. The highest BCUT2D eigenvalue weighted by Gasteiger charge is 2.19. The van der Waals surface area contributed by atoms with Crippen LogP contribution < -0.4 is 14.8 Å². The number of ether oxygens (including phenoxy) is 2. The normalized spacial score (nSPS) is 16.0. The average Bonchev–Trinajstić information content (AvgIpc) is 3.18. The van der Waals surface area contributed by atoms with Crippen molar-refractivity contribution in [3.05, 3.63) is 59.2 Å². The van der Waals surface area contributed by atoms with E-state index in [1.807, 2.05) is 6.07 Å². The lowest BCUT2D eigenvalue weighted by molar-refractivity contribution is 0.174. The molecule has 2 aromatic rings. The zero-order chi connectivity index (χ0) is 19.3. The van der Waals surface area contributed by atoms with Crippen LogP contribution in [0.1, 0.15) is 48.8 Å². The van der Waals surface area contributed by atoms with Gasteiger partial charge in [0.05, 0.1) is 0 Å². The Kier molecular flexibility index (Phi) is 6.01. The van der Waals surface area contributed by atoms with Gasteiger partial charge < -0.3 is 19.7 Å². The van der Waals surface area contributed by atoms with Gasteiger partial charge in [0.25, 0.3) is 0 Å². The van der Waals surface area contributed by atoms with Gasteiger partial charge in [-0.15, -0.1) is 0 Å². The summed E-state index contributed by atoms with van der Waals surface area (Å²) in [6.45, 7) is 3.94. The molecule has 0 spiro atoms. The minimum Gasteiger partial charge on any atom is -0.454 e. The second kappa shape index (κ2) is 8.82. The van der Waals surface area contributed by atoms with Crippen LogP contribution in [0, 0.1) is 6.92 Å². The van der Waals surface area contributed by atoms with Crippen molar-refractivity contribution in [3.8, 4) is 11.5 Å². The van der Waals surface area contributed by atoms with Crippen molar-refractivity contribution >= 4 is 17.3 Å². The van der Waals surface area contributed by atoms with Gasteiger partial charge in [-0.1, -0.05) is 55.2 Å². The summed E-state index contributed by atoms with van der Waals surface area (Å²) in [6, 6.07) is 15.3. The summed E-state index contributed by atoms with van der Waals surface area (Å²) < 4.78 is 11.0. The molecule has 5 heteroatoms. The van der Waals surface area contributed by atoms with Crippen molar-refractivity contribution in [1.29, 1.82) is 0 Å². The van der Waals surface area contributed by atoms with Crippen LogP contribution in [0.4, 0.5) is 0 Å². The molecule has 0 bridgehead atoms. The average molecular weight is 397 g/mol. The van der Waals surface area contributed by atoms with Crippen molar-refractivity contribution in [3.63, 3.8) is 0 Å². The van der Waals surface area contributed by atoms with E-state index in [9.17, 15) is 0 Å². The first kappa shape index (κ1) is 19.1. The summed E-state index contributed by atoms with van der Waals surface area (Å²) in [7, 11) is 0. The summed E-state index contributed by atoms with van der Waals surface area (Å²) >= 11 is 5.84. The monoisotopic (exact) mass is 396 g/mol. The quantitative estimate of drug-likeness (QED) is 0.725. The Hall–Kier alpha value is -2.27. The van der Waals surface area contributed by atoms with E-state index < -0.39 is 0 Å². The van der Waals surface area contributed by atoms with Crippen molar-refractivity contribution in [1.82, 2.24) is 10.2 Å². The Labute approximate surface area is 172 Å². The summed E-state index contributed by atoms with van der Waals surface area (Å²) in [5, 5.41) is 4.46. The van der Waals surface area contributed by atoms with Crippen molar-refractivity contribution in [2.24, 2.45) is 0 Å². The van der Waals surface area contributed by atoms with Gasteiger partial charge in [0.15, 0.2) is 16.6 Å². The molecule has 0 amide bonds. The fourth-order valence-electron chi connectivity index (χ4n) is 3.89. The Morgan fingerprint density at radius 2 is 1.64 bits per heavy atom. The summed E-state index contributed by atoms with van der Waals surface area (Å²) in [5.41, 5.74) is 3.71. The lowest BCUT2D eigenvalue weighted by Crippen LogP contribution is -2.44. The first-order chi connectivity index (χ1) is 13.7. The maximum atomic E-state index is 5.84. The largest absolute Gasteiger partial charge is 0.454 e. The number of thiocarbonyl (C=S) groups is 1. The fourth-order valence-corrected chi connectivity index (χ4v) is 4.18. The van der Waals surface area contributed by atoms with E-state index in [2.05, 4.69) is 53.5 Å². The van der Waals surface area contributed by atoms with Gasteiger partial charge in [0, 0.05) is 19.1 Å². The van der Waals surface area contributed by atoms with E-state index in [1.165, 1.54) is 48.8 Å². The molecule has 0 atom stereocenters. The SMILES string of the molecule is Cc1ccc(CN(Cc2ccc3c(c2)OCO3)C(=S)NC2CCCCC2)cc1. The third-order valence-corrected chi connectivity index (χ3v) is 5.90. The highest BCUT2D eigenvalue weighted by Crippen LogP contribution is 2.33. The summed E-state index contributed by atoms with van der Waals surface area (Å²) in [6.07, 6.45) is 6.35. The molecule has 0 aromatic heterocycles. The number of benzene rings is 2. The van der Waals surface area contributed by atoms with Gasteiger partial charge in [-0.05, 0) is 55.2 Å². The van der Waals surface area contributed by atoms with Crippen LogP contribution in [-0.4, -0.2) is 22.8 Å². The van der Waals surface area contributed by atoms with Gasteiger partial charge in [-0.2, -0.15) is 0 Å². The molecular formula is C23H28N2O2S. The second-order valence-electron chi connectivity index (χ2n) is 7.81. The Balaban J connectivity index is 1.49. The maximum absolute atomic E-state index is 5.84. The molecule has 2 aliphatic rings. The number of nitrogens with zero attached hydrogens (tertiary/aromatic N) is 1. The maximum Gasteiger partial charge on any atom is 0.231 e. The van der Waals surface area contributed by atoms with Crippen molar-refractivity contribution in [2.75, 3.05) is 6.79 Å². The molecule has 1 N–H and O–H groups in total. The standard InChI is InChI=1S/C23H28N2O2S/c1-17-7-9-18(10-8-17)14-25(23(28)24-20-5-3-2-4-6-20)15-19-11-12-21-22(13-19)27-16-26-21/h7-13,20H,2-6,14-16H2,1H3,(H,24,28). The van der Waals surface area contributed by atoms with E-state index in [0.717, 1.165) is 29.7 Å². The predicted octanol–water partition coefficient (Wildman–Crippen LogP) is 4.93. The van der Waals surface area contributed by atoms with Gasteiger partial charge in [-0.25, -0.2) is 0 Å². The molecule has 1 aliphatic carbocycles. The van der Waals surface area contributed by atoms with Crippen molar-refractivity contribution < 1.29 is 9.47 Å². The third-order valence-electron chi connectivity index (χ3n) is 5.52. The molecular weight excluding hydrogens is 368 g/mol. The number of fused-ring (bicyclic) bond motifs is 1. The van der Waals surface area contributed by atoms with Crippen LogP contribution in [0.25, 0.3) is 0 Å². The van der Waals surface area contributed by atoms with E-state index >= 15 is 0 Å². The predicted molar refractivity (Wildman–Crippen MR) is 116 cm³/mol. The van der Waals surface area contributed by atoms with Crippen LogP contribution in [0.2, 0.25) is 0 Å². The van der Waals surface area contributed by atoms with Crippen LogP contribution >= 0.6 is 12.2 Å². The summed E-state index contributed by atoms with van der Waals surface area (Å²) in [5.74, 6) is 1.63. The van der Waals surface area contributed by atoms with Gasteiger partial charge in [-0.3, -0.25) is 0 Å². The number of aryl methyl sites for hydroxylation is 1. The number of hydrogen-bond donors (Lipinski definition) is 1. The molecule has 1 heterocycles. The van der Waals surface area contributed by atoms with E-state index in [1.54, 1.807) is 0 Å². The minimum atomic E-state index is 0.299. The fraction of sp³-hybridized carbons (Fsp3) is 0.435.